The molecule has 1 heterocycles. The molecule has 1 atom stereocenters. The van der Waals surface area contributed by atoms with E-state index in [1.807, 2.05) is 38.1 Å². The summed E-state index contributed by atoms with van der Waals surface area (Å²) in [6.07, 6.45) is -0.261. The number of rotatable bonds is 9. The fourth-order valence-corrected chi connectivity index (χ4v) is 4.36. The van der Waals surface area contributed by atoms with Crippen LogP contribution in [0.1, 0.15) is 43.6 Å². The number of phenolic OH excluding ortho intramolecular Hbond substituents is 2. The number of carbonyl (C=O) groups excluding carboxylic acids is 2. The molecular formula is C27H37N3O6. The molecule has 2 amide bonds. The normalized spacial score (nSPS) is 15.0. The molecule has 4 N–H and O–H groups in total. The molecule has 0 saturated carbocycles. The van der Waals surface area contributed by atoms with E-state index in [0.29, 0.717) is 51.2 Å². The average Bonchev–Trinajstić information content (AvgIpc) is 2.82. The van der Waals surface area contributed by atoms with Gasteiger partial charge in [-0.25, -0.2) is 4.79 Å². The number of benzene rings is 2. The van der Waals surface area contributed by atoms with Crippen LogP contribution in [0.15, 0.2) is 42.5 Å². The first-order valence-electron chi connectivity index (χ1n) is 12.3. The van der Waals surface area contributed by atoms with Gasteiger partial charge in [0.1, 0.15) is 11.5 Å². The van der Waals surface area contributed by atoms with Crippen molar-refractivity contribution in [1.29, 1.82) is 0 Å². The maximum absolute atomic E-state index is 12.8. The molecule has 9 heteroatoms. The van der Waals surface area contributed by atoms with Crippen LogP contribution >= 0.6 is 0 Å². The minimum absolute atomic E-state index is 0.0329. The second-order valence-corrected chi connectivity index (χ2v) is 9.80. The number of hydrogen-bond donors (Lipinski definition) is 4. The fourth-order valence-electron chi connectivity index (χ4n) is 4.36. The molecule has 0 bridgehead atoms. The molecule has 0 radical (unpaired) electrons. The lowest BCUT2D eigenvalue weighted by Crippen LogP contribution is -2.51. The van der Waals surface area contributed by atoms with Crippen molar-refractivity contribution in [2.45, 2.75) is 45.3 Å². The third kappa shape index (κ3) is 7.86. The minimum Gasteiger partial charge on any atom is -0.508 e. The molecule has 0 aliphatic carbocycles. The Labute approximate surface area is 212 Å². The number of phenols is 2. The van der Waals surface area contributed by atoms with E-state index >= 15 is 0 Å². The van der Waals surface area contributed by atoms with E-state index in [-0.39, 0.29) is 35.6 Å². The van der Waals surface area contributed by atoms with Crippen molar-refractivity contribution >= 4 is 12.0 Å². The molecule has 9 nitrogen and oxygen atoms in total. The number of aromatic hydroxyl groups is 2. The minimum atomic E-state index is -0.893. The van der Waals surface area contributed by atoms with Crippen molar-refractivity contribution in [3.63, 3.8) is 0 Å². The number of β-amino-alcohol motifs (C(OH)–C–C–N with tert-alkyl or cyclic N) is 1. The molecule has 36 heavy (non-hydrogen) atoms. The van der Waals surface area contributed by atoms with E-state index in [2.05, 4.69) is 5.32 Å². The van der Waals surface area contributed by atoms with Crippen LogP contribution in [-0.2, 0) is 22.4 Å². The van der Waals surface area contributed by atoms with Crippen LogP contribution in [0.25, 0.3) is 0 Å². The van der Waals surface area contributed by atoms with E-state index < -0.39 is 6.10 Å². The van der Waals surface area contributed by atoms with Crippen molar-refractivity contribution in [3.8, 4) is 11.5 Å². The van der Waals surface area contributed by atoms with Gasteiger partial charge in [-0.15, -0.1) is 0 Å². The van der Waals surface area contributed by atoms with Gasteiger partial charge in [0.15, 0.2) is 0 Å². The Bertz CT molecular complexity index is 1030. The smallest absolute Gasteiger partial charge is 0.409 e. The Hall–Kier alpha value is -3.30. The lowest BCUT2D eigenvalue weighted by atomic mass is 9.93. The van der Waals surface area contributed by atoms with Crippen LogP contribution in [0.5, 0.6) is 11.5 Å². The molecule has 3 rings (SSSR count). The van der Waals surface area contributed by atoms with Crippen LogP contribution in [-0.4, -0.2) is 82.0 Å². The van der Waals surface area contributed by atoms with Gasteiger partial charge in [0.2, 0.25) is 5.91 Å². The number of nitrogens with one attached hydrogen (secondary N) is 1. The van der Waals surface area contributed by atoms with Crippen molar-refractivity contribution in [3.05, 3.63) is 59.2 Å². The largest absolute Gasteiger partial charge is 0.508 e. The summed E-state index contributed by atoms with van der Waals surface area (Å²) in [5.41, 5.74) is 2.07. The Balaban J connectivity index is 1.52. The van der Waals surface area contributed by atoms with Gasteiger partial charge in [-0.2, -0.15) is 0 Å². The van der Waals surface area contributed by atoms with E-state index in [4.69, 9.17) is 4.74 Å². The lowest BCUT2D eigenvalue weighted by Gasteiger charge is -2.34. The first-order chi connectivity index (χ1) is 17.1. The monoisotopic (exact) mass is 499 g/mol. The summed E-state index contributed by atoms with van der Waals surface area (Å²) in [4.78, 5) is 28.1. The van der Waals surface area contributed by atoms with E-state index in [9.17, 15) is 24.9 Å². The molecule has 0 spiro atoms. The van der Waals surface area contributed by atoms with Crippen molar-refractivity contribution in [2.24, 2.45) is 0 Å². The summed E-state index contributed by atoms with van der Waals surface area (Å²) in [5, 5.41) is 33.1. The Morgan fingerprint density at radius 2 is 1.61 bits per heavy atom. The summed E-state index contributed by atoms with van der Waals surface area (Å²) in [6, 6.07) is 12.0. The summed E-state index contributed by atoms with van der Waals surface area (Å²) in [5.74, 6) is -0.170. The van der Waals surface area contributed by atoms with Gasteiger partial charge >= 0.3 is 6.09 Å². The van der Waals surface area contributed by atoms with Crippen LogP contribution in [0.2, 0.25) is 0 Å². The Morgan fingerprint density at radius 3 is 2.25 bits per heavy atom. The highest BCUT2D eigenvalue weighted by Gasteiger charge is 2.25. The first kappa shape index (κ1) is 27.3. The highest BCUT2D eigenvalue weighted by atomic mass is 16.6. The van der Waals surface area contributed by atoms with Gasteiger partial charge in [-0.1, -0.05) is 24.3 Å². The van der Waals surface area contributed by atoms with Gasteiger partial charge in [0.05, 0.1) is 19.1 Å². The van der Waals surface area contributed by atoms with Gasteiger partial charge in [0.25, 0.3) is 0 Å². The zero-order valence-electron chi connectivity index (χ0n) is 21.2. The highest BCUT2D eigenvalue weighted by molar-refractivity contribution is 5.79. The Morgan fingerprint density at radius 1 is 1.00 bits per heavy atom. The quantitative estimate of drug-likeness (QED) is 0.418. The predicted octanol–water partition coefficient (Wildman–Crippen LogP) is 2.59. The van der Waals surface area contributed by atoms with Crippen molar-refractivity contribution in [2.75, 3.05) is 39.3 Å². The number of piperazine rings is 1. The molecule has 1 saturated heterocycles. The molecule has 0 aromatic heterocycles. The fraction of sp³-hybridized carbons (Fsp3) is 0.481. The van der Waals surface area contributed by atoms with Gasteiger partial charge in [0, 0.05) is 44.3 Å². The molecule has 1 fully saturated rings. The average molecular weight is 500 g/mol. The first-order valence-corrected chi connectivity index (χ1v) is 12.3. The second-order valence-electron chi connectivity index (χ2n) is 9.80. The van der Waals surface area contributed by atoms with E-state index in [1.165, 1.54) is 18.2 Å². The zero-order chi connectivity index (χ0) is 26.3. The van der Waals surface area contributed by atoms with Gasteiger partial charge < -0.3 is 35.2 Å². The number of nitrogens with zero attached hydrogens (tertiary/aromatic N) is 2. The maximum Gasteiger partial charge on any atom is 0.409 e. The summed E-state index contributed by atoms with van der Waals surface area (Å²) in [6.45, 7) is 8.34. The molecule has 1 unspecified atom stereocenters. The van der Waals surface area contributed by atoms with Crippen molar-refractivity contribution < 1.29 is 29.6 Å². The number of carbonyl (C=O) groups is 2. The SMILES string of the molecule is CCOC(=O)N1CCN(C(=O)Cc2cccc(CC(C)(C)NCC(O)c3cc(O)cc(O)c3)c2)CC1. The number of aliphatic hydroxyl groups is 1. The number of aliphatic hydroxyl groups excluding tert-OH is 1. The number of hydrogen-bond acceptors (Lipinski definition) is 7. The van der Waals surface area contributed by atoms with Crippen LogP contribution in [0.4, 0.5) is 4.79 Å². The van der Waals surface area contributed by atoms with Crippen LogP contribution in [0.3, 0.4) is 0 Å². The summed E-state index contributed by atoms with van der Waals surface area (Å²) in [7, 11) is 0. The van der Waals surface area contributed by atoms with Gasteiger partial charge in [-0.3, -0.25) is 4.79 Å². The van der Waals surface area contributed by atoms with Gasteiger partial charge in [-0.05, 0) is 56.0 Å². The van der Waals surface area contributed by atoms with Crippen molar-refractivity contribution in [1.82, 2.24) is 15.1 Å². The lowest BCUT2D eigenvalue weighted by molar-refractivity contribution is -0.132. The van der Waals surface area contributed by atoms with Crippen LogP contribution in [0, 0.1) is 0 Å². The van der Waals surface area contributed by atoms with E-state index in [1.54, 1.807) is 16.7 Å². The standard InChI is InChI=1S/C27H37N3O6/c1-4-36-26(35)30-10-8-29(9-11-30)25(34)13-19-6-5-7-20(12-19)17-27(2,3)28-18-24(33)21-14-22(31)16-23(32)15-21/h5-7,12,14-16,24,28,31-33H,4,8-11,13,17-18H2,1-3H3. The number of amides is 2. The molecule has 2 aromatic carbocycles. The third-order valence-corrected chi connectivity index (χ3v) is 6.23. The highest BCUT2D eigenvalue weighted by Crippen LogP contribution is 2.25. The topological polar surface area (TPSA) is 123 Å². The number of ether oxygens (including phenoxy) is 1. The maximum atomic E-state index is 12.8. The third-order valence-electron chi connectivity index (χ3n) is 6.23. The molecule has 1 aliphatic rings. The molecule has 1 aliphatic heterocycles. The Kier molecular flexibility index (Phi) is 9.17. The zero-order valence-corrected chi connectivity index (χ0v) is 21.2. The summed E-state index contributed by atoms with van der Waals surface area (Å²) < 4.78 is 5.03. The second kappa shape index (κ2) is 12.1. The van der Waals surface area contributed by atoms with E-state index in [0.717, 1.165) is 11.1 Å². The molecular weight excluding hydrogens is 462 g/mol. The molecule has 2 aromatic rings. The predicted molar refractivity (Wildman–Crippen MR) is 136 cm³/mol. The molecule has 196 valence electrons. The summed E-state index contributed by atoms with van der Waals surface area (Å²) >= 11 is 0. The van der Waals surface area contributed by atoms with Crippen LogP contribution < -0.4 is 5.32 Å².